The molecule has 31 heavy (non-hydrogen) atoms. The van der Waals surface area contributed by atoms with Gasteiger partial charge in [0.2, 0.25) is 0 Å². The van der Waals surface area contributed by atoms with Crippen LogP contribution in [0.3, 0.4) is 0 Å². The van der Waals surface area contributed by atoms with E-state index < -0.39 is 11.6 Å². The monoisotopic (exact) mass is 429 g/mol. The molecular formula is C23H31N3O5. The summed E-state index contributed by atoms with van der Waals surface area (Å²) in [5, 5.41) is 0. The second-order valence-electron chi connectivity index (χ2n) is 9.16. The van der Waals surface area contributed by atoms with Crippen molar-refractivity contribution < 1.29 is 23.5 Å². The molecule has 1 aromatic heterocycles. The first-order chi connectivity index (χ1) is 14.5. The highest BCUT2D eigenvalue weighted by atomic mass is 16.6. The molecule has 8 nitrogen and oxygen atoms in total. The van der Waals surface area contributed by atoms with Crippen LogP contribution in [-0.2, 0) is 9.47 Å². The van der Waals surface area contributed by atoms with Crippen LogP contribution in [0.25, 0.3) is 11.3 Å². The van der Waals surface area contributed by atoms with E-state index in [1.165, 1.54) is 6.39 Å². The van der Waals surface area contributed by atoms with Gasteiger partial charge in [-0.05, 0) is 65.8 Å². The SMILES string of the molecule is CCOC(=O)c1ncoc1-c1ccc(N2CCN(C(=O)OC(C)(C)C)C(C)(C)C2)cc1. The summed E-state index contributed by atoms with van der Waals surface area (Å²) in [4.78, 5) is 32.7. The minimum Gasteiger partial charge on any atom is -0.461 e. The number of aromatic nitrogens is 1. The van der Waals surface area contributed by atoms with Crippen LogP contribution in [0.2, 0.25) is 0 Å². The van der Waals surface area contributed by atoms with E-state index in [0.717, 1.165) is 11.3 Å². The maximum atomic E-state index is 12.6. The van der Waals surface area contributed by atoms with Crippen LogP contribution in [0.5, 0.6) is 0 Å². The van der Waals surface area contributed by atoms with E-state index >= 15 is 0 Å². The molecule has 0 aliphatic carbocycles. The second-order valence-corrected chi connectivity index (χ2v) is 9.16. The van der Waals surface area contributed by atoms with E-state index in [0.29, 0.717) is 25.4 Å². The van der Waals surface area contributed by atoms with Crippen molar-refractivity contribution in [3.8, 4) is 11.3 Å². The van der Waals surface area contributed by atoms with Crippen LogP contribution in [0.1, 0.15) is 52.0 Å². The molecule has 0 N–H and O–H groups in total. The van der Waals surface area contributed by atoms with Crippen molar-refractivity contribution >= 4 is 17.7 Å². The third-order valence-corrected chi connectivity index (χ3v) is 5.05. The van der Waals surface area contributed by atoms with E-state index in [4.69, 9.17) is 13.9 Å². The van der Waals surface area contributed by atoms with Gasteiger partial charge in [0.25, 0.3) is 0 Å². The van der Waals surface area contributed by atoms with Crippen molar-refractivity contribution in [3.63, 3.8) is 0 Å². The molecule has 168 valence electrons. The predicted octanol–water partition coefficient (Wildman–Crippen LogP) is 4.35. The number of carbonyl (C=O) groups is 2. The summed E-state index contributed by atoms with van der Waals surface area (Å²) in [6.45, 7) is 13.6. The lowest BCUT2D eigenvalue weighted by Crippen LogP contribution is -2.61. The van der Waals surface area contributed by atoms with E-state index in [-0.39, 0.29) is 23.9 Å². The Kier molecular flexibility index (Phi) is 6.29. The quantitative estimate of drug-likeness (QED) is 0.668. The fourth-order valence-corrected chi connectivity index (χ4v) is 3.65. The molecule has 0 bridgehead atoms. The van der Waals surface area contributed by atoms with Crippen molar-refractivity contribution in [2.75, 3.05) is 31.1 Å². The van der Waals surface area contributed by atoms with Crippen LogP contribution in [-0.4, -0.2) is 59.3 Å². The summed E-state index contributed by atoms with van der Waals surface area (Å²) < 4.78 is 16.0. The minimum absolute atomic E-state index is 0.168. The number of piperazine rings is 1. The number of anilines is 1. The van der Waals surface area contributed by atoms with Crippen molar-refractivity contribution in [1.29, 1.82) is 0 Å². The molecule has 1 amide bonds. The Balaban J connectivity index is 1.73. The van der Waals surface area contributed by atoms with Crippen LogP contribution < -0.4 is 4.90 Å². The highest BCUT2D eigenvalue weighted by Gasteiger charge is 2.39. The van der Waals surface area contributed by atoms with Gasteiger partial charge in [-0.3, -0.25) is 4.90 Å². The molecule has 1 aliphatic rings. The molecule has 1 saturated heterocycles. The van der Waals surface area contributed by atoms with Gasteiger partial charge in [-0.1, -0.05) is 0 Å². The Hall–Kier alpha value is -3.03. The van der Waals surface area contributed by atoms with E-state index in [1.54, 1.807) is 11.8 Å². The Morgan fingerprint density at radius 3 is 2.42 bits per heavy atom. The summed E-state index contributed by atoms with van der Waals surface area (Å²) in [5.74, 6) is -0.115. The van der Waals surface area contributed by atoms with Gasteiger partial charge >= 0.3 is 12.1 Å². The average Bonchev–Trinajstić information content (AvgIpc) is 3.16. The average molecular weight is 430 g/mol. The van der Waals surface area contributed by atoms with Gasteiger partial charge in [0.1, 0.15) is 5.60 Å². The number of oxazole rings is 1. The largest absolute Gasteiger partial charge is 0.461 e. The van der Waals surface area contributed by atoms with E-state index in [1.807, 2.05) is 58.9 Å². The zero-order valence-electron chi connectivity index (χ0n) is 19.1. The van der Waals surface area contributed by atoms with Gasteiger partial charge in [-0.25, -0.2) is 14.6 Å². The number of esters is 1. The Morgan fingerprint density at radius 2 is 1.84 bits per heavy atom. The number of hydrogen-bond acceptors (Lipinski definition) is 7. The highest BCUT2D eigenvalue weighted by Crippen LogP contribution is 2.30. The van der Waals surface area contributed by atoms with Crippen LogP contribution >= 0.6 is 0 Å². The van der Waals surface area contributed by atoms with Gasteiger partial charge in [-0.2, -0.15) is 0 Å². The number of carbonyl (C=O) groups excluding carboxylic acids is 2. The second kappa shape index (κ2) is 8.61. The molecule has 1 aliphatic heterocycles. The van der Waals surface area contributed by atoms with Gasteiger partial charge in [0.05, 0.1) is 12.1 Å². The number of amides is 1. The van der Waals surface area contributed by atoms with Crippen LogP contribution in [0, 0.1) is 0 Å². The highest BCUT2D eigenvalue weighted by molar-refractivity contribution is 5.93. The van der Waals surface area contributed by atoms with Gasteiger partial charge < -0.3 is 18.8 Å². The number of rotatable bonds is 4. The molecule has 0 unspecified atom stereocenters. The maximum Gasteiger partial charge on any atom is 0.410 e. The third kappa shape index (κ3) is 5.18. The molecule has 1 aromatic carbocycles. The topological polar surface area (TPSA) is 85.1 Å². The Bertz CT molecular complexity index is 927. The molecule has 1 fully saturated rings. The lowest BCUT2D eigenvalue weighted by molar-refractivity contribution is 0.000355. The third-order valence-electron chi connectivity index (χ3n) is 5.05. The van der Waals surface area contributed by atoms with Crippen molar-refractivity contribution in [1.82, 2.24) is 9.88 Å². The molecule has 8 heteroatoms. The van der Waals surface area contributed by atoms with E-state index in [9.17, 15) is 9.59 Å². The van der Waals surface area contributed by atoms with Gasteiger partial charge in [-0.15, -0.1) is 0 Å². The smallest absolute Gasteiger partial charge is 0.410 e. The van der Waals surface area contributed by atoms with Gasteiger partial charge in [0.15, 0.2) is 17.8 Å². The predicted molar refractivity (Wildman–Crippen MR) is 117 cm³/mol. The number of nitrogens with zero attached hydrogens (tertiary/aromatic N) is 3. The van der Waals surface area contributed by atoms with Crippen molar-refractivity contribution in [2.24, 2.45) is 0 Å². The molecular weight excluding hydrogens is 398 g/mol. The zero-order chi connectivity index (χ0) is 22.8. The molecule has 0 atom stereocenters. The number of hydrogen-bond donors (Lipinski definition) is 0. The van der Waals surface area contributed by atoms with Gasteiger partial charge in [0, 0.05) is 30.9 Å². The standard InChI is InChI=1S/C23H31N3O5/c1-7-29-20(27)18-19(30-15-24-18)16-8-10-17(11-9-16)25-12-13-26(23(5,6)14-25)21(28)31-22(2,3)4/h8-11,15H,7,12-14H2,1-6H3. The maximum absolute atomic E-state index is 12.6. The van der Waals surface area contributed by atoms with E-state index in [2.05, 4.69) is 9.88 Å². The molecule has 0 radical (unpaired) electrons. The lowest BCUT2D eigenvalue weighted by atomic mass is 9.98. The summed E-state index contributed by atoms with van der Waals surface area (Å²) in [6, 6.07) is 7.75. The summed E-state index contributed by atoms with van der Waals surface area (Å²) in [6.07, 6.45) is 0.956. The summed E-state index contributed by atoms with van der Waals surface area (Å²) in [5.41, 5.74) is 1.03. The number of ether oxygens (including phenoxy) is 2. The molecule has 0 spiro atoms. The van der Waals surface area contributed by atoms with Crippen LogP contribution in [0.15, 0.2) is 35.1 Å². The Morgan fingerprint density at radius 1 is 1.16 bits per heavy atom. The Labute approximate surface area is 183 Å². The molecule has 2 heterocycles. The lowest BCUT2D eigenvalue weighted by Gasteiger charge is -2.47. The van der Waals surface area contributed by atoms with Crippen LogP contribution in [0.4, 0.5) is 10.5 Å². The normalized spacial score (nSPS) is 16.2. The first-order valence-electron chi connectivity index (χ1n) is 10.5. The molecule has 3 rings (SSSR count). The van der Waals surface area contributed by atoms with Crippen molar-refractivity contribution in [2.45, 2.75) is 52.7 Å². The first kappa shape index (κ1) is 22.7. The summed E-state index contributed by atoms with van der Waals surface area (Å²) in [7, 11) is 0. The molecule has 0 saturated carbocycles. The fraction of sp³-hybridized carbons (Fsp3) is 0.522. The zero-order valence-corrected chi connectivity index (χ0v) is 19.1. The minimum atomic E-state index is -0.525. The number of benzene rings is 1. The first-order valence-corrected chi connectivity index (χ1v) is 10.5. The summed E-state index contributed by atoms with van der Waals surface area (Å²) >= 11 is 0. The van der Waals surface area contributed by atoms with Crippen molar-refractivity contribution in [3.05, 3.63) is 36.4 Å². The fourth-order valence-electron chi connectivity index (χ4n) is 3.65. The molecule has 2 aromatic rings.